The molecule has 0 aromatic carbocycles. The molecule has 3 aliphatic carbocycles. The Kier molecular flexibility index (Phi) is 5.12. The summed E-state index contributed by atoms with van der Waals surface area (Å²) in [6.45, 7) is 4.98. The van der Waals surface area contributed by atoms with Crippen LogP contribution in [-0.4, -0.2) is 30.5 Å². The van der Waals surface area contributed by atoms with Gasteiger partial charge >= 0.3 is 5.69 Å². The van der Waals surface area contributed by atoms with Gasteiger partial charge in [-0.05, 0) is 63.2 Å². The number of H-pyrrole nitrogens is 1. The monoisotopic (exact) mass is 401 g/mol. The van der Waals surface area contributed by atoms with Crippen LogP contribution in [0.5, 0.6) is 0 Å². The predicted octanol–water partition coefficient (Wildman–Crippen LogP) is 3.15. The summed E-state index contributed by atoms with van der Waals surface area (Å²) in [5, 5.41) is 12.0. The minimum atomic E-state index is -0.279. The Morgan fingerprint density at radius 2 is 1.69 bits per heavy atom. The lowest BCUT2D eigenvalue weighted by molar-refractivity contribution is 0.0421. The van der Waals surface area contributed by atoms with E-state index in [1.54, 1.807) is 10.8 Å². The molecule has 0 unspecified atom stereocenters. The summed E-state index contributed by atoms with van der Waals surface area (Å²) in [5.74, 6) is 0.868. The number of aromatic nitrogens is 4. The van der Waals surface area contributed by atoms with E-state index >= 15 is 0 Å². The molecule has 2 N–H and O–H groups in total. The third-order valence-electron chi connectivity index (χ3n) is 7.27. The Hall–Kier alpha value is -2.38. The van der Waals surface area contributed by atoms with Gasteiger partial charge in [-0.3, -0.25) is 13.9 Å². The quantitative estimate of drug-likeness (QED) is 0.422. The van der Waals surface area contributed by atoms with Crippen molar-refractivity contribution in [3.63, 3.8) is 0 Å². The second-order valence-corrected chi connectivity index (χ2v) is 8.96. The van der Waals surface area contributed by atoms with Gasteiger partial charge in [-0.1, -0.05) is 13.8 Å². The fraction of sp³-hybridized carbons (Fsp3) is 0.714. The normalized spacial score (nSPS) is 26.7. The van der Waals surface area contributed by atoms with Crippen LogP contribution in [-0.2, 0) is 18.5 Å². The first kappa shape index (κ1) is 19.9. The lowest BCUT2D eigenvalue weighted by Crippen LogP contribution is -2.44. The van der Waals surface area contributed by atoms with Gasteiger partial charge in [0.1, 0.15) is 11.5 Å². The fourth-order valence-corrected chi connectivity index (χ4v) is 5.43. The molecule has 3 fully saturated rings. The van der Waals surface area contributed by atoms with Crippen LogP contribution < -0.4 is 11.2 Å². The van der Waals surface area contributed by atoms with Gasteiger partial charge in [-0.25, -0.2) is 9.78 Å². The van der Waals surface area contributed by atoms with E-state index in [-0.39, 0.29) is 22.1 Å². The maximum atomic E-state index is 13.0. The zero-order valence-corrected chi connectivity index (χ0v) is 17.4. The number of aryl methyl sites for hydroxylation is 1. The third kappa shape index (κ3) is 3.13. The topological polar surface area (TPSA) is 105 Å². The summed E-state index contributed by atoms with van der Waals surface area (Å²) in [6.07, 6.45) is 10.2. The Morgan fingerprint density at radius 1 is 1.07 bits per heavy atom. The molecule has 29 heavy (non-hydrogen) atoms. The summed E-state index contributed by atoms with van der Waals surface area (Å²) in [5.41, 5.74) is 0.635. The Bertz CT molecular complexity index is 1020. The molecule has 158 valence electrons. The van der Waals surface area contributed by atoms with E-state index in [2.05, 4.69) is 10.1 Å². The Morgan fingerprint density at radius 3 is 2.28 bits per heavy atom. The molecular formula is C21H31N5O3. The maximum Gasteiger partial charge on any atom is 0.332 e. The molecule has 2 aromatic heterocycles. The minimum absolute atomic E-state index is 0.0494. The van der Waals surface area contributed by atoms with E-state index < -0.39 is 0 Å². The van der Waals surface area contributed by atoms with E-state index in [9.17, 15) is 9.59 Å². The summed E-state index contributed by atoms with van der Waals surface area (Å²) in [6, 6.07) is 0. The van der Waals surface area contributed by atoms with Crippen LogP contribution >= 0.6 is 0 Å². The zero-order chi connectivity index (χ0) is 20.6. The van der Waals surface area contributed by atoms with E-state index in [4.69, 9.17) is 10.2 Å². The maximum absolute atomic E-state index is 13.0. The van der Waals surface area contributed by atoms with Gasteiger partial charge in [0, 0.05) is 24.7 Å². The van der Waals surface area contributed by atoms with E-state index in [0.717, 1.165) is 63.6 Å². The second-order valence-electron chi connectivity index (χ2n) is 8.96. The highest BCUT2D eigenvalue weighted by Crippen LogP contribution is 2.58. The summed E-state index contributed by atoms with van der Waals surface area (Å²) >= 11 is 0. The van der Waals surface area contributed by atoms with Crippen molar-refractivity contribution >= 4 is 17.4 Å². The van der Waals surface area contributed by atoms with Crippen molar-refractivity contribution in [3.05, 3.63) is 26.7 Å². The van der Waals surface area contributed by atoms with Gasteiger partial charge in [0.05, 0.1) is 0 Å². The molecule has 0 aliphatic heterocycles. The van der Waals surface area contributed by atoms with Crippen LogP contribution in [0.15, 0.2) is 14.7 Å². The first-order valence-electron chi connectivity index (χ1n) is 10.9. The molecule has 0 saturated heterocycles. The number of nitrogens with one attached hydrogen (secondary N) is 1. The van der Waals surface area contributed by atoms with Crippen molar-refractivity contribution in [3.8, 4) is 0 Å². The standard InChI is InChI=1S/C21H31N5O3/c1-3-13-25-16-15(17(27)26(14-4-2)19(25)28)23-18(24-16)21-8-5-20(6-9-21,7-10-21)11-12-22-29/h12,29H,3-11,13-14H2,1-2H3,(H,23,24). The van der Waals surface area contributed by atoms with Gasteiger partial charge in [0.25, 0.3) is 5.56 Å². The molecule has 0 atom stereocenters. The van der Waals surface area contributed by atoms with Crippen LogP contribution in [0.4, 0.5) is 0 Å². The number of oxime groups is 1. The van der Waals surface area contributed by atoms with Crippen LogP contribution in [0.25, 0.3) is 11.2 Å². The number of nitrogens with zero attached hydrogens (tertiary/aromatic N) is 4. The highest BCUT2D eigenvalue weighted by molar-refractivity contribution is 5.70. The predicted molar refractivity (Wildman–Crippen MR) is 112 cm³/mol. The van der Waals surface area contributed by atoms with Crippen LogP contribution in [0.2, 0.25) is 0 Å². The number of aromatic amines is 1. The van der Waals surface area contributed by atoms with Crippen molar-refractivity contribution < 1.29 is 5.21 Å². The second kappa shape index (κ2) is 7.46. The average molecular weight is 402 g/mol. The molecule has 3 saturated carbocycles. The van der Waals surface area contributed by atoms with Crippen molar-refractivity contribution in [1.82, 2.24) is 19.1 Å². The molecule has 5 rings (SSSR count). The van der Waals surface area contributed by atoms with Crippen LogP contribution in [0.3, 0.4) is 0 Å². The molecule has 0 spiro atoms. The van der Waals surface area contributed by atoms with Gasteiger partial charge in [0.2, 0.25) is 0 Å². The minimum Gasteiger partial charge on any atom is -0.411 e. The molecule has 2 aromatic rings. The van der Waals surface area contributed by atoms with Gasteiger partial charge in [0.15, 0.2) is 5.52 Å². The average Bonchev–Trinajstić information content (AvgIpc) is 3.20. The molecule has 0 amide bonds. The number of rotatable bonds is 7. The SMILES string of the molecule is CCCn1c(=O)c2nc(C34CCC(CC=NO)(CC3)CC4)[nH]c2n(CCC)c1=O. The van der Waals surface area contributed by atoms with E-state index in [1.807, 2.05) is 13.8 Å². The number of hydrogen-bond donors (Lipinski definition) is 2. The van der Waals surface area contributed by atoms with Gasteiger partial charge in [-0.15, -0.1) is 5.16 Å². The molecule has 2 heterocycles. The van der Waals surface area contributed by atoms with Crippen molar-refractivity contribution in [2.45, 2.75) is 90.1 Å². The highest BCUT2D eigenvalue weighted by Gasteiger charge is 2.50. The lowest BCUT2D eigenvalue weighted by atomic mass is 9.52. The first-order valence-corrected chi connectivity index (χ1v) is 10.9. The van der Waals surface area contributed by atoms with E-state index in [0.29, 0.717) is 24.3 Å². The smallest absolute Gasteiger partial charge is 0.332 e. The van der Waals surface area contributed by atoms with Crippen molar-refractivity contribution in [2.24, 2.45) is 10.6 Å². The molecule has 8 heteroatoms. The lowest BCUT2D eigenvalue weighted by Gasteiger charge is -2.52. The molecule has 8 nitrogen and oxygen atoms in total. The van der Waals surface area contributed by atoms with Gasteiger partial charge < -0.3 is 10.2 Å². The molecule has 0 radical (unpaired) electrons. The van der Waals surface area contributed by atoms with E-state index in [1.165, 1.54) is 4.57 Å². The largest absolute Gasteiger partial charge is 0.411 e. The van der Waals surface area contributed by atoms with Crippen LogP contribution in [0, 0.1) is 5.41 Å². The first-order chi connectivity index (χ1) is 14.0. The Balaban J connectivity index is 1.77. The number of imidazole rings is 1. The number of hydrogen-bond acceptors (Lipinski definition) is 5. The van der Waals surface area contributed by atoms with Crippen molar-refractivity contribution in [2.75, 3.05) is 0 Å². The highest BCUT2D eigenvalue weighted by atomic mass is 16.4. The summed E-state index contributed by atoms with van der Waals surface area (Å²) in [7, 11) is 0. The van der Waals surface area contributed by atoms with Gasteiger partial charge in [-0.2, -0.15) is 0 Å². The third-order valence-corrected chi connectivity index (χ3v) is 7.27. The van der Waals surface area contributed by atoms with Crippen LogP contribution in [0.1, 0.15) is 77.5 Å². The molecular weight excluding hydrogens is 370 g/mol. The summed E-state index contributed by atoms with van der Waals surface area (Å²) < 4.78 is 3.02. The molecule has 2 bridgehead atoms. The molecule has 3 aliphatic rings. The summed E-state index contributed by atoms with van der Waals surface area (Å²) in [4.78, 5) is 34.1. The number of fused-ring (bicyclic) bond motifs is 4. The Labute approximate surface area is 169 Å². The zero-order valence-electron chi connectivity index (χ0n) is 17.4. The van der Waals surface area contributed by atoms with Crippen molar-refractivity contribution in [1.29, 1.82) is 0 Å². The fourth-order valence-electron chi connectivity index (χ4n) is 5.43.